The summed E-state index contributed by atoms with van der Waals surface area (Å²) in [4.78, 5) is 4.78. The molecule has 8 aromatic carbocycles. The molecule has 12 rings (SSSR count). The number of fused-ring (bicyclic) bond motifs is 9. The molecular formula is C51H31N3. The van der Waals surface area contributed by atoms with Gasteiger partial charge in [0, 0.05) is 50.2 Å². The van der Waals surface area contributed by atoms with Gasteiger partial charge in [0.1, 0.15) is 0 Å². The number of nitrogens with zero attached hydrogens (tertiary/aromatic N) is 3. The highest BCUT2D eigenvalue weighted by Crippen LogP contribution is 2.48. The van der Waals surface area contributed by atoms with E-state index in [2.05, 4.69) is 185 Å². The van der Waals surface area contributed by atoms with Gasteiger partial charge in [0.25, 0.3) is 0 Å². The Morgan fingerprint density at radius 2 is 0.926 bits per heavy atom. The first-order valence-electron chi connectivity index (χ1n) is 18.5. The molecule has 0 spiro atoms. The molecule has 0 amide bonds. The highest BCUT2D eigenvalue weighted by Gasteiger charge is 2.23. The number of benzene rings is 8. The van der Waals surface area contributed by atoms with Crippen LogP contribution in [0.25, 0.3) is 110 Å². The van der Waals surface area contributed by atoms with Crippen molar-refractivity contribution in [3.05, 3.63) is 188 Å². The van der Waals surface area contributed by atoms with E-state index >= 15 is 0 Å². The van der Waals surface area contributed by atoms with Gasteiger partial charge in [0.2, 0.25) is 0 Å². The summed E-state index contributed by atoms with van der Waals surface area (Å²) < 4.78 is 4.80. The zero-order valence-electron chi connectivity index (χ0n) is 29.2. The van der Waals surface area contributed by atoms with Crippen LogP contribution in [0, 0.1) is 0 Å². The lowest BCUT2D eigenvalue weighted by Crippen LogP contribution is -1.93. The summed E-state index contributed by atoms with van der Waals surface area (Å²) in [5.41, 5.74) is 16.7. The molecule has 1 aliphatic carbocycles. The molecule has 0 atom stereocenters. The predicted molar refractivity (Wildman–Crippen MR) is 226 cm³/mol. The maximum atomic E-state index is 4.78. The number of hydrogen-bond donors (Lipinski definition) is 0. The molecule has 0 saturated carbocycles. The van der Waals surface area contributed by atoms with Crippen LogP contribution in [0.2, 0.25) is 0 Å². The van der Waals surface area contributed by atoms with Crippen molar-refractivity contribution >= 4 is 54.4 Å². The minimum absolute atomic E-state index is 1.08. The van der Waals surface area contributed by atoms with Gasteiger partial charge in [-0.1, -0.05) is 103 Å². The molecule has 3 heterocycles. The number of hydrogen-bond acceptors (Lipinski definition) is 1. The van der Waals surface area contributed by atoms with E-state index in [9.17, 15) is 0 Å². The maximum Gasteiger partial charge on any atom is 0.0786 e. The fraction of sp³-hybridized carbons (Fsp3) is 0. The summed E-state index contributed by atoms with van der Waals surface area (Å²) in [6.07, 6.45) is 1.90. The lowest BCUT2D eigenvalue weighted by molar-refractivity contribution is 1.18. The van der Waals surface area contributed by atoms with Crippen molar-refractivity contribution in [3.8, 4) is 56.0 Å². The van der Waals surface area contributed by atoms with Crippen LogP contribution in [0.15, 0.2) is 188 Å². The minimum atomic E-state index is 1.08. The second-order valence-electron chi connectivity index (χ2n) is 14.4. The smallest absolute Gasteiger partial charge is 0.0786 e. The second-order valence-corrected chi connectivity index (χ2v) is 14.4. The second kappa shape index (κ2) is 11.1. The monoisotopic (exact) mass is 685 g/mol. The predicted octanol–water partition coefficient (Wildman–Crippen LogP) is 13.4. The number of pyridine rings is 1. The molecule has 0 fully saturated rings. The lowest BCUT2D eigenvalue weighted by Gasteiger charge is -2.11. The SMILES string of the molecule is c1ccc(-n2c3ccccc3c3cc(-c4ccc5c(c4)c4ccc(-c6cc7c8c(cccc8c6)-c6ncccc6-7)cc4n5-c4ccccc4)ccc32)cc1. The highest BCUT2D eigenvalue weighted by molar-refractivity contribution is 6.17. The number of aromatic nitrogens is 3. The first-order valence-corrected chi connectivity index (χ1v) is 18.5. The Morgan fingerprint density at radius 1 is 0.333 bits per heavy atom. The Hall–Kier alpha value is -7.23. The molecule has 0 N–H and O–H groups in total. The van der Waals surface area contributed by atoms with Gasteiger partial charge < -0.3 is 9.13 Å². The lowest BCUT2D eigenvalue weighted by atomic mass is 9.95. The normalized spacial score (nSPS) is 12.1. The van der Waals surface area contributed by atoms with E-state index in [1.807, 2.05) is 12.3 Å². The summed E-state index contributed by atoms with van der Waals surface area (Å²) in [5.74, 6) is 0. The van der Waals surface area contributed by atoms with E-state index < -0.39 is 0 Å². The van der Waals surface area contributed by atoms with Crippen molar-refractivity contribution in [1.29, 1.82) is 0 Å². The van der Waals surface area contributed by atoms with Crippen molar-refractivity contribution in [1.82, 2.24) is 14.1 Å². The quantitative estimate of drug-likeness (QED) is 0.181. The Labute approximate surface area is 311 Å². The zero-order chi connectivity index (χ0) is 35.3. The topological polar surface area (TPSA) is 22.8 Å². The van der Waals surface area contributed by atoms with Crippen LogP contribution >= 0.6 is 0 Å². The minimum Gasteiger partial charge on any atom is -0.309 e. The molecule has 3 nitrogen and oxygen atoms in total. The van der Waals surface area contributed by atoms with E-state index in [0.717, 1.165) is 11.4 Å². The molecular weight excluding hydrogens is 655 g/mol. The van der Waals surface area contributed by atoms with Crippen LogP contribution in [0.5, 0.6) is 0 Å². The Morgan fingerprint density at radius 3 is 1.67 bits per heavy atom. The molecule has 3 heteroatoms. The third-order valence-corrected chi connectivity index (χ3v) is 11.5. The van der Waals surface area contributed by atoms with Gasteiger partial charge in [-0.15, -0.1) is 0 Å². The van der Waals surface area contributed by atoms with Gasteiger partial charge in [0.05, 0.1) is 27.8 Å². The van der Waals surface area contributed by atoms with Crippen LogP contribution in [0.1, 0.15) is 0 Å². The Bertz CT molecular complexity index is 3310. The average molecular weight is 686 g/mol. The van der Waals surface area contributed by atoms with Crippen molar-refractivity contribution in [2.45, 2.75) is 0 Å². The van der Waals surface area contributed by atoms with Crippen LogP contribution < -0.4 is 0 Å². The molecule has 1 aliphatic rings. The average Bonchev–Trinajstić information content (AvgIpc) is 3.87. The van der Waals surface area contributed by atoms with E-state index in [1.54, 1.807) is 0 Å². The number of rotatable bonds is 4. The molecule has 0 unspecified atom stereocenters. The third kappa shape index (κ3) is 4.15. The van der Waals surface area contributed by atoms with Gasteiger partial charge >= 0.3 is 0 Å². The fourth-order valence-electron chi connectivity index (χ4n) is 9.08. The summed E-state index contributed by atoms with van der Waals surface area (Å²) in [6, 6.07) is 66.6. The molecule has 0 aliphatic heterocycles. The fourth-order valence-corrected chi connectivity index (χ4v) is 9.08. The Kier molecular flexibility index (Phi) is 6.05. The zero-order valence-corrected chi connectivity index (χ0v) is 29.2. The van der Waals surface area contributed by atoms with E-state index in [0.29, 0.717) is 0 Å². The standard InChI is InChI=1S/C51H31N3/c1-3-12-37(13-4-1)53-46-19-8-7-16-39(46)43-28-32(21-24-47(43)53)33-22-25-48-44(29-33)40-23-20-34(31-49(40)54(48)38-14-5-2-6-15-38)36-27-35-11-9-17-42-50(35)45(30-36)41-18-10-26-52-51(41)42/h1-31H. The van der Waals surface area contributed by atoms with E-state index in [-0.39, 0.29) is 0 Å². The first-order chi connectivity index (χ1) is 26.8. The van der Waals surface area contributed by atoms with Crippen LogP contribution in [-0.2, 0) is 0 Å². The molecule has 54 heavy (non-hydrogen) atoms. The molecule has 250 valence electrons. The highest BCUT2D eigenvalue weighted by atomic mass is 15.0. The van der Waals surface area contributed by atoms with E-state index in [1.165, 1.54) is 99.0 Å². The molecule has 0 saturated heterocycles. The van der Waals surface area contributed by atoms with Gasteiger partial charge in [-0.3, -0.25) is 4.98 Å². The van der Waals surface area contributed by atoms with Gasteiger partial charge in [0.15, 0.2) is 0 Å². The van der Waals surface area contributed by atoms with Crippen molar-refractivity contribution in [3.63, 3.8) is 0 Å². The number of para-hydroxylation sites is 3. The first kappa shape index (κ1) is 29.4. The van der Waals surface area contributed by atoms with Crippen molar-refractivity contribution < 1.29 is 0 Å². The molecule has 3 aromatic heterocycles. The molecule has 0 bridgehead atoms. The van der Waals surface area contributed by atoms with Crippen LogP contribution in [0.3, 0.4) is 0 Å². The maximum absolute atomic E-state index is 4.78. The van der Waals surface area contributed by atoms with E-state index in [4.69, 9.17) is 4.98 Å². The van der Waals surface area contributed by atoms with Crippen LogP contribution in [0.4, 0.5) is 0 Å². The van der Waals surface area contributed by atoms with Gasteiger partial charge in [-0.25, -0.2) is 0 Å². The van der Waals surface area contributed by atoms with Crippen molar-refractivity contribution in [2.75, 3.05) is 0 Å². The van der Waals surface area contributed by atoms with Crippen LogP contribution in [-0.4, -0.2) is 14.1 Å². The summed E-state index contributed by atoms with van der Waals surface area (Å²) in [6.45, 7) is 0. The summed E-state index contributed by atoms with van der Waals surface area (Å²) in [5, 5.41) is 7.54. The Balaban J connectivity index is 1.05. The largest absolute Gasteiger partial charge is 0.309 e. The van der Waals surface area contributed by atoms with Gasteiger partial charge in [-0.05, 0) is 117 Å². The molecule has 0 radical (unpaired) electrons. The molecule has 11 aromatic rings. The van der Waals surface area contributed by atoms with Gasteiger partial charge in [-0.2, -0.15) is 0 Å². The summed E-state index contributed by atoms with van der Waals surface area (Å²) >= 11 is 0. The van der Waals surface area contributed by atoms with Crippen molar-refractivity contribution in [2.24, 2.45) is 0 Å². The summed E-state index contributed by atoms with van der Waals surface area (Å²) in [7, 11) is 0. The third-order valence-electron chi connectivity index (χ3n) is 11.5.